The van der Waals surface area contributed by atoms with E-state index in [1.807, 2.05) is 36.4 Å². The summed E-state index contributed by atoms with van der Waals surface area (Å²) in [6, 6.07) is 17.5. The maximum atomic E-state index is 14.3. The minimum Gasteiger partial charge on any atom is -0.494 e. The largest absolute Gasteiger partial charge is 0.494 e. The van der Waals surface area contributed by atoms with Crippen molar-refractivity contribution in [2.24, 2.45) is 0 Å². The van der Waals surface area contributed by atoms with E-state index in [1.54, 1.807) is 6.07 Å². The standard InChI is InChI=1S/C20H14ClFN2O3S/c1-27-20-16(21)9-13(12-23)10-19(20)28(25,26)24-18-11-15(7-8-17(18)22)14-5-3-2-4-6-14/h2-11,24H,1H3. The summed E-state index contributed by atoms with van der Waals surface area (Å²) in [4.78, 5) is -0.358. The highest BCUT2D eigenvalue weighted by molar-refractivity contribution is 7.92. The van der Waals surface area contributed by atoms with Crippen LogP contribution in [-0.4, -0.2) is 15.5 Å². The van der Waals surface area contributed by atoms with E-state index < -0.39 is 15.8 Å². The molecule has 0 radical (unpaired) electrons. The molecule has 0 heterocycles. The van der Waals surface area contributed by atoms with E-state index in [4.69, 9.17) is 21.6 Å². The maximum Gasteiger partial charge on any atom is 0.265 e. The van der Waals surface area contributed by atoms with Crippen LogP contribution in [0.4, 0.5) is 10.1 Å². The lowest BCUT2D eigenvalue weighted by atomic mass is 10.1. The van der Waals surface area contributed by atoms with Gasteiger partial charge in [-0.3, -0.25) is 4.72 Å². The van der Waals surface area contributed by atoms with Crippen LogP contribution >= 0.6 is 11.6 Å². The summed E-state index contributed by atoms with van der Waals surface area (Å²) in [5.41, 5.74) is 1.23. The Kier molecular flexibility index (Phi) is 5.54. The van der Waals surface area contributed by atoms with Gasteiger partial charge in [-0.2, -0.15) is 5.26 Å². The molecule has 0 atom stereocenters. The molecular weight excluding hydrogens is 403 g/mol. The molecule has 0 saturated carbocycles. The third kappa shape index (κ3) is 3.93. The third-order valence-corrected chi connectivity index (χ3v) is 5.60. The number of nitrogens with zero attached hydrogens (tertiary/aromatic N) is 1. The van der Waals surface area contributed by atoms with Gasteiger partial charge in [0.05, 0.1) is 29.5 Å². The SMILES string of the molecule is COc1c(Cl)cc(C#N)cc1S(=O)(=O)Nc1cc(-c2ccccc2)ccc1F. The number of hydrogen-bond donors (Lipinski definition) is 1. The van der Waals surface area contributed by atoms with Gasteiger partial charge in [0.25, 0.3) is 10.0 Å². The van der Waals surface area contributed by atoms with Crippen molar-refractivity contribution in [3.8, 4) is 22.9 Å². The Labute approximate surface area is 167 Å². The van der Waals surface area contributed by atoms with E-state index in [0.717, 1.165) is 11.6 Å². The smallest absolute Gasteiger partial charge is 0.265 e. The fourth-order valence-electron chi connectivity index (χ4n) is 2.64. The topological polar surface area (TPSA) is 79.2 Å². The second-order valence-corrected chi connectivity index (χ2v) is 7.83. The molecule has 0 saturated heterocycles. The van der Waals surface area contributed by atoms with Crippen LogP contribution in [0.1, 0.15) is 5.56 Å². The van der Waals surface area contributed by atoms with Gasteiger partial charge < -0.3 is 4.74 Å². The van der Waals surface area contributed by atoms with Crippen molar-refractivity contribution in [2.45, 2.75) is 4.90 Å². The maximum absolute atomic E-state index is 14.3. The zero-order chi connectivity index (χ0) is 20.3. The van der Waals surface area contributed by atoms with Crippen molar-refractivity contribution >= 4 is 27.3 Å². The van der Waals surface area contributed by atoms with Gasteiger partial charge in [-0.1, -0.05) is 48.0 Å². The second kappa shape index (κ2) is 7.89. The van der Waals surface area contributed by atoms with E-state index in [-0.39, 0.29) is 26.9 Å². The molecule has 0 fully saturated rings. The van der Waals surface area contributed by atoms with Gasteiger partial charge in [0.15, 0.2) is 5.75 Å². The van der Waals surface area contributed by atoms with Gasteiger partial charge in [-0.25, -0.2) is 12.8 Å². The van der Waals surface area contributed by atoms with Crippen molar-refractivity contribution in [3.05, 3.63) is 77.1 Å². The lowest BCUT2D eigenvalue weighted by molar-refractivity contribution is 0.403. The van der Waals surface area contributed by atoms with Crippen LogP contribution in [0.2, 0.25) is 5.02 Å². The molecule has 0 bridgehead atoms. The number of nitrogens with one attached hydrogen (secondary N) is 1. The number of nitriles is 1. The van der Waals surface area contributed by atoms with Crippen LogP contribution in [0.15, 0.2) is 65.6 Å². The number of rotatable bonds is 5. The molecule has 0 unspecified atom stereocenters. The van der Waals surface area contributed by atoms with Crippen molar-refractivity contribution in [2.75, 3.05) is 11.8 Å². The first-order valence-electron chi connectivity index (χ1n) is 8.01. The highest BCUT2D eigenvalue weighted by Gasteiger charge is 2.24. The summed E-state index contributed by atoms with van der Waals surface area (Å²) in [5.74, 6) is -0.877. The molecule has 5 nitrogen and oxygen atoms in total. The highest BCUT2D eigenvalue weighted by atomic mass is 35.5. The Morgan fingerprint density at radius 3 is 2.43 bits per heavy atom. The van der Waals surface area contributed by atoms with E-state index in [9.17, 15) is 12.8 Å². The molecule has 3 aromatic rings. The van der Waals surface area contributed by atoms with Gasteiger partial charge >= 0.3 is 0 Å². The quantitative estimate of drug-likeness (QED) is 0.646. The summed E-state index contributed by atoms with van der Waals surface area (Å²) in [6.07, 6.45) is 0. The molecule has 8 heteroatoms. The van der Waals surface area contributed by atoms with Gasteiger partial charge in [-0.05, 0) is 35.4 Å². The molecule has 0 aliphatic heterocycles. The molecular formula is C20H14ClFN2O3S. The minimum atomic E-state index is -4.28. The third-order valence-electron chi connectivity index (χ3n) is 3.95. The number of halogens is 2. The van der Waals surface area contributed by atoms with Crippen LogP contribution in [0, 0.1) is 17.1 Å². The molecule has 28 heavy (non-hydrogen) atoms. The first kappa shape index (κ1) is 19.7. The zero-order valence-corrected chi connectivity index (χ0v) is 16.2. The number of anilines is 1. The van der Waals surface area contributed by atoms with Gasteiger partial charge in [-0.15, -0.1) is 0 Å². The predicted octanol–water partition coefficient (Wildman–Crippen LogP) is 4.83. The van der Waals surface area contributed by atoms with E-state index in [0.29, 0.717) is 5.56 Å². The first-order valence-corrected chi connectivity index (χ1v) is 9.87. The van der Waals surface area contributed by atoms with E-state index >= 15 is 0 Å². The monoisotopic (exact) mass is 416 g/mol. The molecule has 3 rings (SSSR count). The van der Waals surface area contributed by atoms with Gasteiger partial charge in [0, 0.05) is 0 Å². The number of hydrogen-bond acceptors (Lipinski definition) is 4. The number of benzene rings is 3. The molecule has 0 amide bonds. The van der Waals surface area contributed by atoms with Crippen LogP contribution < -0.4 is 9.46 Å². The number of sulfonamides is 1. The normalized spacial score (nSPS) is 10.9. The molecule has 0 spiro atoms. The Bertz CT molecular complexity index is 1180. The van der Waals surface area contributed by atoms with Crippen LogP contribution in [0.5, 0.6) is 5.75 Å². The average Bonchev–Trinajstić information content (AvgIpc) is 2.69. The molecule has 0 aromatic heterocycles. The summed E-state index contributed by atoms with van der Waals surface area (Å²) in [7, 11) is -3.03. The van der Waals surface area contributed by atoms with E-state index in [2.05, 4.69) is 4.72 Å². The Morgan fingerprint density at radius 1 is 1.07 bits per heavy atom. The van der Waals surface area contributed by atoms with Crippen molar-refractivity contribution in [3.63, 3.8) is 0 Å². The summed E-state index contributed by atoms with van der Waals surface area (Å²) >= 11 is 6.02. The molecule has 1 N–H and O–H groups in total. The van der Waals surface area contributed by atoms with Crippen molar-refractivity contribution in [1.29, 1.82) is 5.26 Å². The van der Waals surface area contributed by atoms with Crippen LogP contribution in [-0.2, 0) is 10.0 Å². The minimum absolute atomic E-state index is 0.0321. The summed E-state index contributed by atoms with van der Waals surface area (Å²) in [5, 5.41) is 9.05. The molecule has 3 aromatic carbocycles. The fraction of sp³-hybridized carbons (Fsp3) is 0.0500. The highest BCUT2D eigenvalue weighted by Crippen LogP contribution is 2.35. The Hall–Kier alpha value is -3.08. The number of methoxy groups -OCH3 is 1. The Morgan fingerprint density at radius 2 is 1.79 bits per heavy atom. The molecule has 0 aliphatic carbocycles. The molecule has 0 aliphatic rings. The van der Waals surface area contributed by atoms with Gasteiger partial charge in [0.1, 0.15) is 10.7 Å². The second-order valence-electron chi connectivity index (χ2n) is 5.77. The van der Waals surface area contributed by atoms with Crippen LogP contribution in [0.25, 0.3) is 11.1 Å². The lowest BCUT2D eigenvalue weighted by Crippen LogP contribution is -2.15. The first-order chi connectivity index (χ1) is 13.4. The lowest BCUT2D eigenvalue weighted by Gasteiger charge is -2.14. The predicted molar refractivity (Wildman–Crippen MR) is 105 cm³/mol. The Balaban J connectivity index is 2.07. The van der Waals surface area contributed by atoms with Crippen LogP contribution in [0.3, 0.4) is 0 Å². The average molecular weight is 417 g/mol. The zero-order valence-electron chi connectivity index (χ0n) is 14.6. The number of ether oxygens (including phenoxy) is 1. The summed E-state index contributed by atoms with van der Waals surface area (Å²) < 4.78 is 47.3. The van der Waals surface area contributed by atoms with Crippen molar-refractivity contribution in [1.82, 2.24) is 0 Å². The molecule has 142 valence electrons. The summed E-state index contributed by atoms with van der Waals surface area (Å²) in [6.45, 7) is 0. The van der Waals surface area contributed by atoms with Crippen molar-refractivity contribution < 1.29 is 17.5 Å². The fourth-order valence-corrected chi connectivity index (χ4v) is 4.27. The van der Waals surface area contributed by atoms with E-state index in [1.165, 1.54) is 25.3 Å². The van der Waals surface area contributed by atoms with Gasteiger partial charge in [0.2, 0.25) is 0 Å².